The summed E-state index contributed by atoms with van der Waals surface area (Å²) >= 11 is 0. The van der Waals surface area contributed by atoms with E-state index < -0.39 is 10.0 Å². The van der Waals surface area contributed by atoms with Crippen molar-refractivity contribution < 1.29 is 8.42 Å². The van der Waals surface area contributed by atoms with E-state index in [1.165, 1.54) is 18.3 Å². The monoisotopic (exact) mass is 299 g/mol. The lowest BCUT2D eigenvalue weighted by Crippen LogP contribution is -2.47. The van der Waals surface area contributed by atoms with Crippen LogP contribution in [0.2, 0.25) is 0 Å². The highest BCUT2D eigenvalue weighted by Gasteiger charge is 2.24. The molecular weight excluding hydrogens is 278 g/mol. The molecule has 7 nitrogen and oxygen atoms in total. The van der Waals surface area contributed by atoms with Crippen molar-refractivity contribution in [1.29, 1.82) is 0 Å². The smallest absolute Gasteiger partial charge is 0.242 e. The van der Waals surface area contributed by atoms with Crippen molar-refractivity contribution in [3.8, 4) is 0 Å². The number of hydrazine groups is 1. The van der Waals surface area contributed by atoms with Gasteiger partial charge in [0.15, 0.2) is 0 Å². The summed E-state index contributed by atoms with van der Waals surface area (Å²) < 4.78 is 27.3. The first-order valence-corrected chi connectivity index (χ1v) is 8.21. The van der Waals surface area contributed by atoms with Gasteiger partial charge in [-0.3, -0.25) is 0 Å². The fraction of sp³-hybridized carbons (Fsp3) is 0.583. The summed E-state index contributed by atoms with van der Waals surface area (Å²) in [4.78, 5) is 6.33. The van der Waals surface area contributed by atoms with Crippen LogP contribution in [0.4, 0.5) is 5.82 Å². The van der Waals surface area contributed by atoms with Crippen LogP contribution in [-0.2, 0) is 10.0 Å². The van der Waals surface area contributed by atoms with Crippen LogP contribution in [0.25, 0.3) is 0 Å². The summed E-state index contributed by atoms with van der Waals surface area (Å²) in [6.07, 6.45) is 3.18. The predicted molar refractivity (Wildman–Crippen MR) is 77.5 cm³/mol. The van der Waals surface area contributed by atoms with Gasteiger partial charge in [-0.05, 0) is 38.1 Å². The number of sulfonamides is 1. The van der Waals surface area contributed by atoms with Crippen molar-refractivity contribution in [2.75, 3.05) is 25.1 Å². The second-order valence-electron chi connectivity index (χ2n) is 4.88. The largest absolute Gasteiger partial charge is 0.308 e. The first-order chi connectivity index (χ1) is 9.55. The van der Waals surface area contributed by atoms with Crippen LogP contribution in [-0.4, -0.2) is 44.0 Å². The van der Waals surface area contributed by atoms with Crippen LogP contribution in [0.3, 0.4) is 0 Å². The number of likely N-dealkylation sites (N-methyl/N-ethyl adjacent to an activating group) is 1. The number of anilines is 1. The summed E-state index contributed by atoms with van der Waals surface area (Å²) in [6.45, 7) is 4.81. The van der Waals surface area contributed by atoms with Gasteiger partial charge in [0.25, 0.3) is 0 Å². The van der Waals surface area contributed by atoms with E-state index in [1.54, 1.807) is 0 Å². The number of nitrogens with zero attached hydrogens (tertiary/aromatic N) is 2. The Morgan fingerprint density at radius 1 is 1.50 bits per heavy atom. The highest BCUT2D eigenvalue weighted by molar-refractivity contribution is 7.89. The first kappa shape index (κ1) is 15.2. The van der Waals surface area contributed by atoms with Crippen molar-refractivity contribution in [3.63, 3.8) is 0 Å². The normalized spacial score (nSPS) is 20.8. The van der Waals surface area contributed by atoms with Gasteiger partial charge in [0.2, 0.25) is 10.0 Å². The molecule has 1 aromatic rings. The number of pyridine rings is 1. The highest BCUT2D eigenvalue weighted by Crippen LogP contribution is 2.14. The predicted octanol–water partition coefficient (Wildman–Crippen LogP) is 0.130. The van der Waals surface area contributed by atoms with Gasteiger partial charge in [-0.2, -0.15) is 0 Å². The molecule has 0 spiro atoms. The van der Waals surface area contributed by atoms with E-state index in [2.05, 4.69) is 27.0 Å². The van der Waals surface area contributed by atoms with Crippen LogP contribution < -0.4 is 16.0 Å². The van der Waals surface area contributed by atoms with E-state index in [0.29, 0.717) is 5.82 Å². The molecule has 4 N–H and O–H groups in total. The SMILES string of the molecule is CCN1CCCC(NS(=O)(=O)c2ccc(NN)nc2)C1. The minimum Gasteiger partial charge on any atom is -0.308 e. The molecule has 0 amide bonds. The molecule has 0 bridgehead atoms. The van der Waals surface area contributed by atoms with Crippen LogP contribution in [0.5, 0.6) is 0 Å². The first-order valence-electron chi connectivity index (χ1n) is 6.72. The summed E-state index contributed by atoms with van der Waals surface area (Å²) in [5.74, 6) is 5.64. The second-order valence-corrected chi connectivity index (χ2v) is 6.59. The number of aromatic nitrogens is 1. The number of hydrogen-bond acceptors (Lipinski definition) is 6. The maximum Gasteiger partial charge on any atom is 0.242 e. The van der Waals surface area contributed by atoms with Gasteiger partial charge in [0, 0.05) is 18.8 Å². The Morgan fingerprint density at radius 3 is 2.90 bits per heavy atom. The van der Waals surface area contributed by atoms with Crippen molar-refractivity contribution in [3.05, 3.63) is 18.3 Å². The summed E-state index contributed by atoms with van der Waals surface area (Å²) in [5.41, 5.74) is 2.37. The quantitative estimate of drug-likeness (QED) is 0.528. The number of nitrogen functional groups attached to an aromatic ring is 1. The van der Waals surface area contributed by atoms with Crippen LogP contribution in [0.1, 0.15) is 19.8 Å². The fourth-order valence-electron chi connectivity index (χ4n) is 2.35. The summed E-state index contributed by atoms with van der Waals surface area (Å²) in [6, 6.07) is 2.99. The molecule has 1 aliphatic rings. The Hall–Kier alpha value is -1.22. The third-order valence-electron chi connectivity index (χ3n) is 3.47. The summed E-state index contributed by atoms with van der Waals surface area (Å²) in [7, 11) is -3.52. The molecule has 1 saturated heterocycles. The molecule has 0 saturated carbocycles. The van der Waals surface area contributed by atoms with Crippen LogP contribution in [0, 0.1) is 0 Å². The molecule has 2 rings (SSSR count). The van der Waals surface area contributed by atoms with E-state index in [9.17, 15) is 8.42 Å². The number of nitrogens with one attached hydrogen (secondary N) is 2. The topological polar surface area (TPSA) is 100 Å². The van der Waals surface area contributed by atoms with E-state index >= 15 is 0 Å². The molecule has 20 heavy (non-hydrogen) atoms. The second kappa shape index (κ2) is 6.49. The van der Waals surface area contributed by atoms with Crippen LogP contribution >= 0.6 is 0 Å². The standard InChI is InChI=1S/C12H21N5O2S/c1-2-17-7-3-4-10(9-17)16-20(18,19)11-5-6-12(15-13)14-8-11/h5-6,8,10,16H,2-4,7,9,13H2,1H3,(H,14,15). The zero-order valence-electron chi connectivity index (χ0n) is 11.5. The molecule has 8 heteroatoms. The number of hydrogen-bond donors (Lipinski definition) is 3. The number of nitrogens with two attached hydrogens (primary N) is 1. The lowest BCUT2D eigenvalue weighted by Gasteiger charge is -2.32. The average Bonchev–Trinajstić information content (AvgIpc) is 2.47. The third-order valence-corrected chi connectivity index (χ3v) is 4.97. The zero-order chi connectivity index (χ0) is 14.6. The van der Waals surface area contributed by atoms with Crippen LogP contribution in [0.15, 0.2) is 23.2 Å². The molecule has 112 valence electrons. The number of piperidine rings is 1. The molecule has 1 aromatic heterocycles. The molecule has 0 radical (unpaired) electrons. The lowest BCUT2D eigenvalue weighted by molar-refractivity contribution is 0.211. The maximum absolute atomic E-state index is 12.3. The van der Waals surface area contributed by atoms with Crippen molar-refractivity contribution in [2.45, 2.75) is 30.7 Å². The van der Waals surface area contributed by atoms with Crippen molar-refractivity contribution >= 4 is 15.8 Å². The van der Waals surface area contributed by atoms with Gasteiger partial charge in [-0.15, -0.1) is 0 Å². The molecule has 2 heterocycles. The molecule has 1 fully saturated rings. The average molecular weight is 299 g/mol. The highest BCUT2D eigenvalue weighted by atomic mass is 32.2. The van der Waals surface area contributed by atoms with E-state index in [0.717, 1.165) is 32.5 Å². The molecular formula is C12H21N5O2S. The lowest BCUT2D eigenvalue weighted by atomic mass is 10.1. The fourth-order valence-corrected chi connectivity index (χ4v) is 3.56. The van der Waals surface area contributed by atoms with E-state index in [4.69, 9.17) is 5.84 Å². The number of likely N-dealkylation sites (tertiary alicyclic amines) is 1. The van der Waals surface area contributed by atoms with Gasteiger partial charge >= 0.3 is 0 Å². The van der Waals surface area contributed by atoms with Crippen molar-refractivity contribution in [2.24, 2.45) is 5.84 Å². The number of rotatable bonds is 5. The Bertz CT molecular complexity index is 531. The maximum atomic E-state index is 12.3. The molecule has 1 unspecified atom stereocenters. The zero-order valence-corrected chi connectivity index (χ0v) is 12.4. The Kier molecular flexibility index (Phi) is 4.92. The Labute approximate surface area is 119 Å². The Morgan fingerprint density at radius 2 is 2.30 bits per heavy atom. The molecule has 0 aromatic carbocycles. The van der Waals surface area contributed by atoms with Crippen molar-refractivity contribution in [1.82, 2.24) is 14.6 Å². The van der Waals surface area contributed by atoms with E-state index in [1.807, 2.05) is 0 Å². The third kappa shape index (κ3) is 3.66. The summed E-state index contributed by atoms with van der Waals surface area (Å²) in [5, 5.41) is 0. The Balaban J connectivity index is 2.06. The molecule has 1 aliphatic heterocycles. The molecule has 0 aliphatic carbocycles. The molecule has 1 atom stereocenters. The van der Waals surface area contributed by atoms with Gasteiger partial charge in [-0.25, -0.2) is 24.0 Å². The van der Waals surface area contributed by atoms with Gasteiger partial charge in [0.1, 0.15) is 10.7 Å². The minimum atomic E-state index is -3.52. The minimum absolute atomic E-state index is 0.0407. The van der Waals surface area contributed by atoms with Gasteiger partial charge < -0.3 is 10.3 Å². The van der Waals surface area contributed by atoms with Gasteiger partial charge in [0.05, 0.1) is 0 Å². The van der Waals surface area contributed by atoms with Gasteiger partial charge in [-0.1, -0.05) is 6.92 Å². The van der Waals surface area contributed by atoms with E-state index in [-0.39, 0.29) is 10.9 Å².